The van der Waals surface area contributed by atoms with Crippen molar-refractivity contribution in [2.45, 2.75) is 108 Å². The predicted octanol–water partition coefficient (Wildman–Crippen LogP) is 5.78. The molecule has 32 heavy (non-hydrogen) atoms. The molecule has 0 N–H and O–H groups in total. The molecule has 1 aliphatic carbocycles. The first-order chi connectivity index (χ1) is 15.1. The monoisotopic (exact) mass is 482 g/mol. The van der Waals surface area contributed by atoms with Gasteiger partial charge in [-0.05, 0) is 57.1 Å². The number of hydrogen-bond donors (Lipinski definition) is 0. The second-order valence-electron chi connectivity index (χ2n) is 9.24. The molecule has 180 valence electrons. The molecular weight excluding hydrogens is 444 g/mol. The lowest BCUT2D eigenvalue weighted by molar-refractivity contribution is 0.00368. The molecule has 1 aromatic rings. The molecule has 1 fully saturated rings. The Balaban J connectivity index is 1.98. The zero-order valence-electron chi connectivity index (χ0n) is 19.7. The summed E-state index contributed by atoms with van der Waals surface area (Å²) in [6, 6.07) is 4.65. The van der Waals surface area contributed by atoms with Gasteiger partial charge >= 0.3 is 4.38 Å². The van der Waals surface area contributed by atoms with Gasteiger partial charge in [0.15, 0.2) is 0 Å². The number of aryl methyl sites for hydroxylation is 2. The fourth-order valence-electron chi connectivity index (χ4n) is 4.72. The Kier molecular flexibility index (Phi) is 10.1. The third-order valence-electron chi connectivity index (χ3n) is 6.62. The molecule has 1 saturated carbocycles. The van der Waals surface area contributed by atoms with Crippen LogP contribution in [0.2, 0.25) is 0 Å². The third-order valence-corrected chi connectivity index (χ3v) is 11.5. The molecule has 0 bridgehead atoms. The zero-order valence-corrected chi connectivity index (χ0v) is 21.3. The van der Waals surface area contributed by atoms with Gasteiger partial charge in [0.2, 0.25) is 0 Å². The van der Waals surface area contributed by atoms with Gasteiger partial charge in [-0.3, -0.25) is 0 Å². The van der Waals surface area contributed by atoms with Crippen molar-refractivity contribution >= 4 is 24.1 Å². The summed E-state index contributed by atoms with van der Waals surface area (Å²) in [4.78, 5) is 2.67. The molecular formula is C24H38N2O4S2. The van der Waals surface area contributed by atoms with Crippen LogP contribution in [0, 0.1) is 19.8 Å². The van der Waals surface area contributed by atoms with Crippen LogP contribution in [0.25, 0.3) is 5.53 Å². The van der Waals surface area contributed by atoms with E-state index in [1.165, 1.54) is 51.0 Å². The maximum atomic E-state index is 13.1. The van der Waals surface area contributed by atoms with Crippen LogP contribution in [0.15, 0.2) is 23.1 Å². The van der Waals surface area contributed by atoms with Gasteiger partial charge in [0.1, 0.15) is 0 Å². The SMILES string of the molecule is CCCCCCCCCC1CCC(S(=O)(=O)C(=[N+]=[N-])S(=O)(=O)c2ccc(C)cc2C)CC1. The highest BCUT2D eigenvalue weighted by atomic mass is 32.3. The van der Waals surface area contributed by atoms with Gasteiger partial charge < -0.3 is 5.53 Å². The average Bonchev–Trinajstić information content (AvgIpc) is 2.73. The lowest BCUT2D eigenvalue weighted by atomic mass is 9.85. The molecule has 0 aliphatic heterocycles. The van der Waals surface area contributed by atoms with E-state index in [0.717, 1.165) is 24.8 Å². The van der Waals surface area contributed by atoms with Crippen LogP contribution in [0.3, 0.4) is 0 Å². The smallest absolute Gasteiger partial charge is 0.359 e. The Bertz CT molecular complexity index is 1020. The van der Waals surface area contributed by atoms with E-state index in [1.54, 1.807) is 19.1 Å². The molecule has 0 heterocycles. The van der Waals surface area contributed by atoms with E-state index in [2.05, 4.69) is 11.7 Å². The highest BCUT2D eigenvalue weighted by Gasteiger charge is 2.48. The van der Waals surface area contributed by atoms with Crippen molar-refractivity contribution in [1.82, 2.24) is 0 Å². The van der Waals surface area contributed by atoms with Crippen LogP contribution in [0.4, 0.5) is 0 Å². The summed E-state index contributed by atoms with van der Waals surface area (Å²) in [6.45, 7) is 5.65. The van der Waals surface area contributed by atoms with Crippen LogP contribution in [-0.2, 0) is 19.7 Å². The summed E-state index contributed by atoms with van der Waals surface area (Å²) in [7, 11) is -8.69. The Morgan fingerprint density at radius 1 is 0.938 bits per heavy atom. The zero-order chi connectivity index (χ0) is 23.8. The van der Waals surface area contributed by atoms with Crippen molar-refractivity contribution in [3.05, 3.63) is 34.9 Å². The minimum atomic E-state index is -4.43. The van der Waals surface area contributed by atoms with E-state index < -0.39 is 29.3 Å². The Morgan fingerprint density at radius 2 is 1.53 bits per heavy atom. The van der Waals surface area contributed by atoms with E-state index in [0.29, 0.717) is 24.3 Å². The molecule has 0 spiro atoms. The molecule has 0 saturated heterocycles. The molecule has 6 nitrogen and oxygen atoms in total. The van der Waals surface area contributed by atoms with E-state index in [1.807, 2.05) is 6.92 Å². The van der Waals surface area contributed by atoms with Crippen LogP contribution >= 0.6 is 0 Å². The van der Waals surface area contributed by atoms with E-state index in [-0.39, 0.29) is 4.90 Å². The minimum Gasteiger partial charge on any atom is -0.359 e. The predicted molar refractivity (Wildman–Crippen MR) is 129 cm³/mol. The number of nitrogens with zero attached hydrogens (tertiary/aromatic N) is 2. The molecule has 1 aliphatic rings. The molecule has 8 heteroatoms. The fraction of sp³-hybridized carbons (Fsp3) is 0.708. The second kappa shape index (κ2) is 12.1. The molecule has 0 aromatic heterocycles. The summed E-state index contributed by atoms with van der Waals surface area (Å²) >= 11 is 0. The fourth-order valence-corrected chi connectivity index (χ4v) is 8.94. The Labute approximate surface area is 194 Å². The highest BCUT2D eigenvalue weighted by Crippen LogP contribution is 2.34. The van der Waals surface area contributed by atoms with Crippen molar-refractivity contribution in [3.63, 3.8) is 0 Å². The summed E-state index contributed by atoms with van der Waals surface area (Å²) in [6.07, 6.45) is 12.2. The quantitative estimate of drug-likeness (QED) is 0.139. The van der Waals surface area contributed by atoms with Crippen LogP contribution < -0.4 is 0 Å². The van der Waals surface area contributed by atoms with Gasteiger partial charge in [0.25, 0.3) is 19.7 Å². The maximum Gasteiger partial charge on any atom is 0.499 e. The number of sulfone groups is 2. The van der Waals surface area contributed by atoms with Gasteiger partial charge in [-0.1, -0.05) is 76.0 Å². The molecule has 0 unspecified atom stereocenters. The highest BCUT2D eigenvalue weighted by molar-refractivity contribution is 8.31. The summed E-state index contributed by atoms with van der Waals surface area (Å²) in [5, 5.41) is -0.820. The molecule has 0 atom stereocenters. The summed E-state index contributed by atoms with van der Waals surface area (Å²) < 4.78 is 51.3. The Morgan fingerprint density at radius 3 is 2.09 bits per heavy atom. The van der Waals surface area contributed by atoms with E-state index >= 15 is 0 Å². The van der Waals surface area contributed by atoms with Gasteiger partial charge in [-0.15, -0.1) is 4.79 Å². The largest absolute Gasteiger partial charge is 0.499 e. The molecule has 0 amide bonds. The normalized spacial score (nSPS) is 19.5. The second-order valence-corrected chi connectivity index (χ2v) is 13.5. The first-order valence-corrected chi connectivity index (χ1v) is 15.0. The lowest BCUT2D eigenvalue weighted by Gasteiger charge is -2.27. The van der Waals surface area contributed by atoms with Crippen molar-refractivity contribution in [2.24, 2.45) is 5.92 Å². The van der Waals surface area contributed by atoms with Crippen molar-refractivity contribution in [3.8, 4) is 0 Å². The standard InChI is InChI=1S/C24H38N2O4S2/c1-4-5-6-7-8-9-10-11-21-13-15-22(16-14-21)31(27,28)24(26-25)32(29,30)23-17-12-19(2)18-20(23)3/h12,17-18,21-22H,4-11,13-16H2,1-3H3. The van der Waals surface area contributed by atoms with Crippen molar-refractivity contribution in [2.75, 3.05) is 0 Å². The number of benzene rings is 1. The average molecular weight is 483 g/mol. The van der Waals surface area contributed by atoms with Crippen LogP contribution in [-0.4, -0.2) is 31.3 Å². The van der Waals surface area contributed by atoms with E-state index in [4.69, 9.17) is 0 Å². The molecule has 1 aromatic carbocycles. The number of hydrogen-bond acceptors (Lipinski definition) is 4. The van der Waals surface area contributed by atoms with Crippen molar-refractivity contribution in [1.29, 1.82) is 0 Å². The summed E-state index contributed by atoms with van der Waals surface area (Å²) in [5.41, 5.74) is 10.7. The summed E-state index contributed by atoms with van der Waals surface area (Å²) in [5.74, 6) is 0.488. The van der Waals surface area contributed by atoms with Gasteiger partial charge in [0, 0.05) is 0 Å². The van der Waals surface area contributed by atoms with Gasteiger partial charge in [-0.2, -0.15) is 0 Å². The van der Waals surface area contributed by atoms with Crippen LogP contribution in [0.1, 0.15) is 95.1 Å². The Hall–Kier alpha value is -1.50. The third kappa shape index (κ3) is 6.75. The maximum absolute atomic E-state index is 13.1. The van der Waals surface area contributed by atoms with Gasteiger partial charge in [0.05, 0.1) is 10.1 Å². The first-order valence-electron chi connectivity index (χ1n) is 11.9. The minimum absolute atomic E-state index is 0.132. The lowest BCUT2D eigenvalue weighted by Crippen LogP contribution is -2.37. The number of rotatable bonds is 10. The first kappa shape index (κ1) is 26.7. The van der Waals surface area contributed by atoms with E-state index in [9.17, 15) is 22.4 Å². The number of unbranched alkanes of at least 4 members (excludes halogenated alkanes) is 6. The molecule has 2 rings (SSSR count). The molecule has 0 radical (unpaired) electrons. The van der Waals surface area contributed by atoms with Crippen molar-refractivity contribution < 1.29 is 21.6 Å². The van der Waals surface area contributed by atoms with Gasteiger partial charge in [-0.25, -0.2) is 16.8 Å². The topological polar surface area (TPSA) is 105 Å². The van der Waals surface area contributed by atoms with Crippen LogP contribution in [0.5, 0.6) is 0 Å².